The third kappa shape index (κ3) is 5.09. The molecule has 0 aliphatic carbocycles. The molecule has 25 heavy (non-hydrogen) atoms. The number of aromatic nitrogens is 2. The van der Waals surface area contributed by atoms with Gasteiger partial charge in [-0.2, -0.15) is 5.10 Å². The fourth-order valence-corrected chi connectivity index (χ4v) is 2.44. The van der Waals surface area contributed by atoms with Crippen LogP contribution in [0.25, 0.3) is 0 Å². The summed E-state index contributed by atoms with van der Waals surface area (Å²) < 4.78 is 12.5. The van der Waals surface area contributed by atoms with Gasteiger partial charge in [0.25, 0.3) is 0 Å². The zero-order chi connectivity index (χ0) is 17.5. The SMILES string of the molecule is O=C(OCCOc1cccc(Cl)c1)c1ccc(Cn2cccn2)cc1. The predicted octanol–water partition coefficient (Wildman–Crippen LogP) is 3.82. The molecule has 0 aliphatic heterocycles. The summed E-state index contributed by atoms with van der Waals surface area (Å²) in [4.78, 5) is 12.0. The Hall–Kier alpha value is -2.79. The molecule has 1 heterocycles. The minimum Gasteiger partial charge on any atom is -0.490 e. The number of benzene rings is 2. The van der Waals surface area contributed by atoms with Gasteiger partial charge in [-0.3, -0.25) is 4.68 Å². The second kappa shape index (κ2) is 8.35. The largest absolute Gasteiger partial charge is 0.490 e. The summed E-state index contributed by atoms with van der Waals surface area (Å²) in [6, 6.07) is 16.2. The van der Waals surface area contributed by atoms with E-state index in [-0.39, 0.29) is 19.2 Å². The highest BCUT2D eigenvalue weighted by Crippen LogP contribution is 2.17. The Kier molecular flexibility index (Phi) is 5.69. The fourth-order valence-electron chi connectivity index (χ4n) is 2.26. The molecule has 6 heteroatoms. The molecule has 3 aromatic rings. The van der Waals surface area contributed by atoms with E-state index in [4.69, 9.17) is 21.1 Å². The van der Waals surface area contributed by atoms with Crippen molar-refractivity contribution in [3.8, 4) is 5.75 Å². The first kappa shape index (κ1) is 17.0. The molecular formula is C19H17ClN2O3. The normalized spacial score (nSPS) is 10.4. The first-order valence-corrected chi connectivity index (χ1v) is 8.20. The van der Waals surface area contributed by atoms with Gasteiger partial charge in [0.1, 0.15) is 19.0 Å². The van der Waals surface area contributed by atoms with Crippen LogP contribution in [0.3, 0.4) is 0 Å². The van der Waals surface area contributed by atoms with Crippen molar-refractivity contribution in [1.82, 2.24) is 9.78 Å². The van der Waals surface area contributed by atoms with Crippen molar-refractivity contribution in [2.24, 2.45) is 0 Å². The highest BCUT2D eigenvalue weighted by molar-refractivity contribution is 6.30. The first-order valence-electron chi connectivity index (χ1n) is 7.82. The van der Waals surface area contributed by atoms with Crippen LogP contribution in [0.15, 0.2) is 67.0 Å². The Labute approximate surface area is 150 Å². The molecule has 128 valence electrons. The van der Waals surface area contributed by atoms with E-state index in [0.717, 1.165) is 5.56 Å². The Morgan fingerprint density at radius 3 is 2.64 bits per heavy atom. The van der Waals surface area contributed by atoms with Crippen molar-refractivity contribution in [3.63, 3.8) is 0 Å². The molecule has 5 nitrogen and oxygen atoms in total. The standard InChI is InChI=1S/C19H17ClN2O3/c20-17-3-1-4-18(13-17)24-11-12-25-19(23)16-7-5-15(6-8-16)14-22-10-2-9-21-22/h1-10,13H,11-12,14H2. The zero-order valence-electron chi connectivity index (χ0n) is 13.5. The minimum atomic E-state index is -0.375. The van der Waals surface area contributed by atoms with Gasteiger partial charge in [0.2, 0.25) is 0 Å². The van der Waals surface area contributed by atoms with Gasteiger partial charge >= 0.3 is 5.97 Å². The summed E-state index contributed by atoms with van der Waals surface area (Å²) in [6.07, 6.45) is 3.62. The van der Waals surface area contributed by atoms with Crippen LogP contribution in [0, 0.1) is 0 Å². The maximum absolute atomic E-state index is 12.0. The Morgan fingerprint density at radius 2 is 1.92 bits per heavy atom. The molecule has 0 N–H and O–H groups in total. The van der Waals surface area contributed by atoms with E-state index in [0.29, 0.717) is 22.9 Å². The summed E-state index contributed by atoms with van der Waals surface area (Å²) in [7, 11) is 0. The molecule has 0 bridgehead atoms. The van der Waals surface area contributed by atoms with Crippen molar-refractivity contribution in [3.05, 3.63) is 83.1 Å². The number of hydrogen-bond acceptors (Lipinski definition) is 4. The highest BCUT2D eigenvalue weighted by Gasteiger charge is 2.07. The molecule has 0 unspecified atom stereocenters. The molecule has 0 atom stereocenters. The van der Waals surface area contributed by atoms with E-state index in [1.807, 2.05) is 29.1 Å². The summed E-state index contributed by atoms with van der Waals surface area (Å²) in [5, 5.41) is 4.75. The van der Waals surface area contributed by atoms with Crippen LogP contribution in [-0.4, -0.2) is 29.0 Å². The highest BCUT2D eigenvalue weighted by atomic mass is 35.5. The van der Waals surface area contributed by atoms with Gasteiger partial charge < -0.3 is 9.47 Å². The average molecular weight is 357 g/mol. The molecule has 3 rings (SSSR count). The van der Waals surface area contributed by atoms with Crippen LogP contribution in [0.1, 0.15) is 15.9 Å². The lowest BCUT2D eigenvalue weighted by molar-refractivity contribution is 0.0450. The topological polar surface area (TPSA) is 53.4 Å². The van der Waals surface area contributed by atoms with Gasteiger partial charge in [-0.25, -0.2) is 4.79 Å². The molecule has 0 fully saturated rings. The molecule has 0 radical (unpaired) electrons. The number of carbonyl (C=O) groups excluding carboxylic acids is 1. The molecule has 0 aliphatic rings. The summed E-state index contributed by atoms with van der Waals surface area (Å²) in [5.74, 6) is 0.270. The zero-order valence-corrected chi connectivity index (χ0v) is 14.2. The van der Waals surface area contributed by atoms with Crippen LogP contribution >= 0.6 is 11.6 Å². The van der Waals surface area contributed by atoms with Crippen molar-refractivity contribution in [1.29, 1.82) is 0 Å². The van der Waals surface area contributed by atoms with E-state index in [1.54, 1.807) is 42.6 Å². The molecule has 0 amide bonds. The lowest BCUT2D eigenvalue weighted by Gasteiger charge is -2.08. The van der Waals surface area contributed by atoms with Crippen molar-refractivity contribution in [2.45, 2.75) is 6.54 Å². The quantitative estimate of drug-likeness (QED) is 0.477. The van der Waals surface area contributed by atoms with E-state index in [2.05, 4.69) is 5.10 Å². The Bertz CT molecular complexity index is 817. The van der Waals surface area contributed by atoms with Gasteiger partial charge in [-0.1, -0.05) is 29.8 Å². The van der Waals surface area contributed by atoms with Crippen molar-refractivity contribution >= 4 is 17.6 Å². The van der Waals surface area contributed by atoms with E-state index in [1.165, 1.54) is 0 Å². The Balaban J connectivity index is 1.45. The second-order valence-corrected chi connectivity index (χ2v) is 5.78. The lowest BCUT2D eigenvalue weighted by atomic mass is 10.1. The van der Waals surface area contributed by atoms with E-state index < -0.39 is 0 Å². The lowest BCUT2D eigenvalue weighted by Crippen LogP contribution is -2.12. The number of hydrogen-bond donors (Lipinski definition) is 0. The number of rotatable bonds is 7. The first-order chi connectivity index (χ1) is 12.2. The van der Waals surface area contributed by atoms with Crippen LogP contribution < -0.4 is 4.74 Å². The number of halogens is 1. The van der Waals surface area contributed by atoms with Crippen LogP contribution in [0.2, 0.25) is 5.02 Å². The van der Waals surface area contributed by atoms with E-state index in [9.17, 15) is 4.79 Å². The number of carbonyl (C=O) groups is 1. The second-order valence-electron chi connectivity index (χ2n) is 5.34. The van der Waals surface area contributed by atoms with Crippen molar-refractivity contribution in [2.75, 3.05) is 13.2 Å². The third-order valence-electron chi connectivity index (χ3n) is 3.47. The summed E-state index contributed by atoms with van der Waals surface area (Å²) >= 11 is 5.87. The number of nitrogens with zero attached hydrogens (tertiary/aromatic N) is 2. The molecule has 1 aromatic heterocycles. The van der Waals surface area contributed by atoms with E-state index >= 15 is 0 Å². The van der Waals surface area contributed by atoms with Gasteiger partial charge in [0.05, 0.1) is 12.1 Å². The van der Waals surface area contributed by atoms with Gasteiger partial charge in [-0.15, -0.1) is 0 Å². The third-order valence-corrected chi connectivity index (χ3v) is 3.71. The van der Waals surface area contributed by atoms with Gasteiger partial charge in [-0.05, 0) is 42.0 Å². The minimum absolute atomic E-state index is 0.167. The van der Waals surface area contributed by atoms with Crippen LogP contribution in [0.5, 0.6) is 5.75 Å². The van der Waals surface area contributed by atoms with Crippen LogP contribution in [-0.2, 0) is 11.3 Å². The van der Waals surface area contributed by atoms with Gasteiger partial charge in [0.15, 0.2) is 0 Å². The Morgan fingerprint density at radius 1 is 1.08 bits per heavy atom. The molecule has 2 aromatic carbocycles. The predicted molar refractivity (Wildman–Crippen MR) is 95.0 cm³/mol. The summed E-state index contributed by atoms with van der Waals surface area (Å²) in [6.45, 7) is 1.10. The fraction of sp³-hybridized carbons (Fsp3) is 0.158. The monoisotopic (exact) mass is 356 g/mol. The molecule has 0 saturated heterocycles. The molecular weight excluding hydrogens is 340 g/mol. The molecule has 0 spiro atoms. The van der Waals surface area contributed by atoms with Crippen LogP contribution in [0.4, 0.5) is 0 Å². The summed E-state index contributed by atoms with van der Waals surface area (Å²) in [5.41, 5.74) is 1.57. The maximum Gasteiger partial charge on any atom is 0.338 e. The number of esters is 1. The molecule has 0 saturated carbocycles. The average Bonchev–Trinajstić information content (AvgIpc) is 3.12. The van der Waals surface area contributed by atoms with Crippen molar-refractivity contribution < 1.29 is 14.3 Å². The maximum atomic E-state index is 12.0. The smallest absolute Gasteiger partial charge is 0.338 e. The number of ether oxygens (including phenoxy) is 2. The van der Waals surface area contributed by atoms with Gasteiger partial charge in [0, 0.05) is 17.4 Å².